The molecule has 1 fully saturated rings. The fourth-order valence-electron chi connectivity index (χ4n) is 2.06. The number of nitrogens with two attached hydrogens (primary N) is 1. The summed E-state index contributed by atoms with van der Waals surface area (Å²) < 4.78 is 10.3. The molecule has 0 aromatic carbocycles. The van der Waals surface area contributed by atoms with Crippen molar-refractivity contribution in [2.45, 2.75) is 51.4 Å². The van der Waals surface area contributed by atoms with Gasteiger partial charge in [-0.15, -0.1) is 0 Å². The van der Waals surface area contributed by atoms with E-state index in [9.17, 15) is 0 Å². The summed E-state index contributed by atoms with van der Waals surface area (Å²) in [5.74, 6) is -0.251. The van der Waals surface area contributed by atoms with Crippen molar-refractivity contribution in [1.82, 2.24) is 0 Å². The Labute approximate surface area is 103 Å². The molecule has 2 unspecified atom stereocenters. The average molecular weight is 247 g/mol. The van der Waals surface area contributed by atoms with Crippen molar-refractivity contribution in [3.05, 3.63) is 0 Å². The number of hydrogen-bond donors (Lipinski definition) is 2. The van der Waals surface area contributed by atoms with Crippen molar-refractivity contribution in [2.75, 3.05) is 14.2 Å². The second kappa shape index (κ2) is 9.39. The van der Waals surface area contributed by atoms with E-state index in [1.165, 1.54) is 19.3 Å². The lowest BCUT2D eigenvalue weighted by atomic mass is 9.83. The van der Waals surface area contributed by atoms with Crippen molar-refractivity contribution in [3.8, 4) is 0 Å². The van der Waals surface area contributed by atoms with E-state index in [4.69, 9.17) is 25.1 Å². The molecular weight excluding hydrogens is 222 g/mol. The normalized spacial score (nSPS) is 24.1. The van der Waals surface area contributed by atoms with Crippen LogP contribution in [0.1, 0.15) is 39.0 Å². The van der Waals surface area contributed by atoms with Crippen LogP contribution in [0, 0.1) is 5.92 Å². The zero-order valence-corrected chi connectivity index (χ0v) is 11.0. The Balaban J connectivity index is 0.000000557. The third-order valence-corrected chi connectivity index (χ3v) is 2.99. The second-order valence-electron chi connectivity index (χ2n) is 4.36. The third kappa shape index (κ3) is 8.12. The number of carboxylic acids is 1. The molecule has 0 aromatic heterocycles. The highest BCUT2D eigenvalue weighted by Crippen LogP contribution is 2.27. The van der Waals surface area contributed by atoms with E-state index < -0.39 is 5.97 Å². The van der Waals surface area contributed by atoms with Gasteiger partial charge in [-0.1, -0.05) is 12.8 Å². The molecule has 5 nitrogen and oxygen atoms in total. The molecule has 0 heterocycles. The van der Waals surface area contributed by atoms with Crippen LogP contribution in [0.4, 0.5) is 0 Å². The maximum absolute atomic E-state index is 9.00. The van der Waals surface area contributed by atoms with Crippen molar-refractivity contribution in [2.24, 2.45) is 11.7 Å². The summed E-state index contributed by atoms with van der Waals surface area (Å²) in [5.41, 5.74) is 6.03. The van der Waals surface area contributed by atoms with Crippen LogP contribution in [0.25, 0.3) is 0 Å². The molecule has 0 aliphatic heterocycles. The molecule has 1 aliphatic carbocycles. The fourth-order valence-corrected chi connectivity index (χ4v) is 2.06. The number of methoxy groups -OCH3 is 2. The average Bonchev–Trinajstić information content (AvgIpc) is 2.27. The van der Waals surface area contributed by atoms with Crippen LogP contribution >= 0.6 is 0 Å². The number of carbonyl (C=O) groups is 1. The van der Waals surface area contributed by atoms with Crippen LogP contribution in [0.15, 0.2) is 0 Å². The van der Waals surface area contributed by atoms with Crippen LogP contribution in [0.3, 0.4) is 0 Å². The predicted molar refractivity (Wildman–Crippen MR) is 65.7 cm³/mol. The summed E-state index contributed by atoms with van der Waals surface area (Å²) in [5, 5.41) is 7.42. The molecule has 0 spiro atoms. The Kier molecular flexibility index (Phi) is 9.03. The molecular formula is C12H25NO4. The van der Waals surface area contributed by atoms with Gasteiger partial charge in [0.25, 0.3) is 5.97 Å². The van der Waals surface area contributed by atoms with Crippen molar-refractivity contribution in [1.29, 1.82) is 0 Å². The SMILES string of the molecule is CC(=O)O.COC(CC1CCCCC1N)OC. The van der Waals surface area contributed by atoms with Gasteiger partial charge in [-0.25, -0.2) is 0 Å². The third-order valence-electron chi connectivity index (χ3n) is 2.99. The molecule has 1 aliphatic rings. The van der Waals surface area contributed by atoms with Crippen molar-refractivity contribution < 1.29 is 19.4 Å². The Morgan fingerprint density at radius 2 is 1.82 bits per heavy atom. The molecule has 1 rings (SSSR count). The molecule has 3 N–H and O–H groups in total. The number of carboxylic acid groups (broad SMARTS) is 1. The predicted octanol–water partition coefficient (Wildman–Crippen LogP) is 1.60. The first-order chi connectivity index (χ1) is 8.01. The summed E-state index contributed by atoms with van der Waals surface area (Å²) in [6.45, 7) is 1.08. The smallest absolute Gasteiger partial charge is 0.300 e. The van der Waals surface area contributed by atoms with Crippen molar-refractivity contribution >= 4 is 5.97 Å². The van der Waals surface area contributed by atoms with Crippen LogP contribution < -0.4 is 5.73 Å². The first-order valence-electron chi connectivity index (χ1n) is 6.02. The summed E-state index contributed by atoms with van der Waals surface area (Å²) in [6.07, 6.45) is 5.83. The Hall–Kier alpha value is -0.650. The molecule has 0 saturated heterocycles. The molecule has 0 aromatic rings. The minimum absolute atomic E-state index is 0.0749. The standard InChI is InChI=1S/C10H21NO2.C2H4O2/c1-12-10(13-2)7-8-5-3-4-6-9(8)11;1-2(3)4/h8-10H,3-7,11H2,1-2H3;1H3,(H,3,4). The minimum Gasteiger partial charge on any atom is -0.481 e. The summed E-state index contributed by atoms with van der Waals surface area (Å²) in [7, 11) is 3.37. The first-order valence-corrected chi connectivity index (χ1v) is 6.02. The second-order valence-corrected chi connectivity index (χ2v) is 4.36. The highest BCUT2D eigenvalue weighted by Gasteiger charge is 2.24. The van der Waals surface area contributed by atoms with E-state index in [1.54, 1.807) is 14.2 Å². The van der Waals surface area contributed by atoms with E-state index in [0.717, 1.165) is 19.8 Å². The van der Waals surface area contributed by atoms with E-state index in [-0.39, 0.29) is 6.29 Å². The van der Waals surface area contributed by atoms with Gasteiger partial charge in [0.1, 0.15) is 0 Å². The van der Waals surface area contributed by atoms with Crippen LogP contribution in [0.5, 0.6) is 0 Å². The molecule has 1 saturated carbocycles. The molecule has 0 bridgehead atoms. The molecule has 5 heteroatoms. The van der Waals surface area contributed by atoms with E-state index in [1.807, 2.05) is 0 Å². The number of rotatable bonds is 4. The maximum Gasteiger partial charge on any atom is 0.300 e. The largest absolute Gasteiger partial charge is 0.481 e. The zero-order valence-electron chi connectivity index (χ0n) is 11.0. The van der Waals surface area contributed by atoms with E-state index >= 15 is 0 Å². The minimum atomic E-state index is -0.833. The summed E-state index contributed by atoms with van der Waals surface area (Å²) in [4.78, 5) is 9.00. The molecule has 102 valence electrons. The Bertz CT molecular complexity index is 203. The van der Waals surface area contributed by atoms with Gasteiger partial charge in [0, 0.05) is 33.6 Å². The van der Waals surface area contributed by atoms with Gasteiger partial charge in [-0.3, -0.25) is 4.79 Å². The Morgan fingerprint density at radius 1 is 1.35 bits per heavy atom. The lowest BCUT2D eigenvalue weighted by molar-refractivity contribution is -0.134. The van der Waals surface area contributed by atoms with Gasteiger partial charge in [-0.2, -0.15) is 0 Å². The van der Waals surface area contributed by atoms with Gasteiger partial charge in [-0.05, 0) is 18.8 Å². The van der Waals surface area contributed by atoms with Crippen molar-refractivity contribution in [3.63, 3.8) is 0 Å². The molecule has 17 heavy (non-hydrogen) atoms. The number of ether oxygens (including phenoxy) is 2. The molecule has 0 radical (unpaired) electrons. The van der Waals surface area contributed by atoms with Crippen LogP contribution in [-0.4, -0.2) is 37.6 Å². The molecule has 0 amide bonds. The number of hydrogen-bond acceptors (Lipinski definition) is 4. The summed E-state index contributed by atoms with van der Waals surface area (Å²) >= 11 is 0. The Morgan fingerprint density at radius 3 is 2.24 bits per heavy atom. The zero-order chi connectivity index (χ0) is 13.3. The molecule has 2 atom stereocenters. The van der Waals surface area contributed by atoms with E-state index in [0.29, 0.717) is 12.0 Å². The van der Waals surface area contributed by atoms with Gasteiger partial charge < -0.3 is 20.3 Å². The van der Waals surface area contributed by atoms with Gasteiger partial charge in [0.15, 0.2) is 6.29 Å². The topological polar surface area (TPSA) is 81.8 Å². The quantitative estimate of drug-likeness (QED) is 0.737. The summed E-state index contributed by atoms with van der Waals surface area (Å²) in [6, 6.07) is 0.349. The first kappa shape index (κ1) is 16.4. The lowest BCUT2D eigenvalue weighted by Crippen LogP contribution is -2.35. The lowest BCUT2D eigenvalue weighted by Gasteiger charge is -2.30. The van der Waals surface area contributed by atoms with Gasteiger partial charge >= 0.3 is 0 Å². The maximum atomic E-state index is 9.00. The number of aliphatic carboxylic acids is 1. The van der Waals surface area contributed by atoms with Gasteiger partial charge in [0.05, 0.1) is 0 Å². The highest BCUT2D eigenvalue weighted by molar-refractivity contribution is 5.62. The van der Waals surface area contributed by atoms with Gasteiger partial charge in [0.2, 0.25) is 0 Å². The fraction of sp³-hybridized carbons (Fsp3) is 0.917. The van der Waals surface area contributed by atoms with Crippen LogP contribution in [-0.2, 0) is 14.3 Å². The highest BCUT2D eigenvalue weighted by atomic mass is 16.7. The van der Waals surface area contributed by atoms with E-state index in [2.05, 4.69) is 0 Å². The monoisotopic (exact) mass is 247 g/mol. The van der Waals surface area contributed by atoms with Crippen LogP contribution in [0.2, 0.25) is 0 Å².